The van der Waals surface area contributed by atoms with Crippen molar-refractivity contribution in [2.24, 2.45) is 17.6 Å². The van der Waals surface area contributed by atoms with E-state index >= 15 is 0 Å². The Labute approximate surface area is 110 Å². The summed E-state index contributed by atoms with van der Waals surface area (Å²) in [6.45, 7) is 3.72. The van der Waals surface area contributed by atoms with E-state index < -0.39 is 0 Å². The largest absolute Gasteiger partial charge is 0.372 e. The molecule has 3 heteroatoms. The summed E-state index contributed by atoms with van der Waals surface area (Å²) < 4.78 is 6.01. The average molecular weight is 248 g/mol. The number of nitrogens with zero attached hydrogens (tertiary/aromatic N) is 1. The molecule has 1 aliphatic rings. The van der Waals surface area contributed by atoms with E-state index in [9.17, 15) is 0 Å². The number of hydrogen-bond acceptors (Lipinski definition) is 3. The minimum Gasteiger partial charge on any atom is -0.372 e. The second kappa shape index (κ2) is 6.86. The molecule has 0 radical (unpaired) electrons. The number of hydrogen-bond donors (Lipinski definition) is 1. The molecular formula is C15H24N2O. The molecule has 0 aliphatic heterocycles. The van der Waals surface area contributed by atoms with E-state index in [1.807, 2.05) is 12.1 Å². The Hall–Kier alpha value is -0.930. The summed E-state index contributed by atoms with van der Waals surface area (Å²) in [5.41, 5.74) is 6.94. The lowest BCUT2D eigenvalue weighted by Gasteiger charge is -2.28. The Morgan fingerprint density at radius 1 is 1.39 bits per heavy atom. The van der Waals surface area contributed by atoms with Gasteiger partial charge in [-0.25, -0.2) is 0 Å². The number of aromatic nitrogens is 1. The van der Waals surface area contributed by atoms with Gasteiger partial charge in [0.15, 0.2) is 0 Å². The fraction of sp³-hybridized carbons (Fsp3) is 0.667. The number of ether oxygens (including phenoxy) is 1. The van der Waals surface area contributed by atoms with Crippen molar-refractivity contribution in [3.63, 3.8) is 0 Å². The molecule has 3 unspecified atom stereocenters. The Morgan fingerprint density at radius 3 is 2.83 bits per heavy atom. The topological polar surface area (TPSA) is 48.1 Å². The lowest BCUT2D eigenvalue weighted by molar-refractivity contribution is 0.0195. The third-order valence-electron chi connectivity index (χ3n) is 3.87. The standard InChI is InChI=1S/C15H24N2O/c1-12-3-2-4-13(9-12)11-18-15(10-16)14-5-7-17-8-6-14/h5-8,12-13,15H,2-4,9-11,16H2,1H3. The highest BCUT2D eigenvalue weighted by Gasteiger charge is 2.20. The van der Waals surface area contributed by atoms with Crippen LogP contribution in [0, 0.1) is 11.8 Å². The Balaban J connectivity index is 1.84. The van der Waals surface area contributed by atoms with Gasteiger partial charge in [-0.05, 0) is 42.4 Å². The van der Waals surface area contributed by atoms with Crippen molar-refractivity contribution in [2.45, 2.75) is 38.7 Å². The van der Waals surface area contributed by atoms with Gasteiger partial charge in [0, 0.05) is 18.9 Å². The molecule has 1 aromatic heterocycles. The highest BCUT2D eigenvalue weighted by molar-refractivity contribution is 5.13. The van der Waals surface area contributed by atoms with Crippen LogP contribution in [0.1, 0.15) is 44.3 Å². The van der Waals surface area contributed by atoms with Gasteiger partial charge in [0.25, 0.3) is 0 Å². The van der Waals surface area contributed by atoms with Gasteiger partial charge in [-0.15, -0.1) is 0 Å². The highest BCUT2D eigenvalue weighted by atomic mass is 16.5. The quantitative estimate of drug-likeness (QED) is 0.871. The third-order valence-corrected chi connectivity index (χ3v) is 3.87. The van der Waals surface area contributed by atoms with E-state index in [2.05, 4.69) is 11.9 Å². The maximum atomic E-state index is 6.01. The van der Waals surface area contributed by atoms with Gasteiger partial charge in [0.1, 0.15) is 0 Å². The van der Waals surface area contributed by atoms with Gasteiger partial charge in [0.05, 0.1) is 12.7 Å². The average Bonchev–Trinajstić information content (AvgIpc) is 2.41. The first kappa shape index (κ1) is 13.5. The van der Waals surface area contributed by atoms with Gasteiger partial charge < -0.3 is 10.5 Å². The van der Waals surface area contributed by atoms with Gasteiger partial charge in [0.2, 0.25) is 0 Å². The molecule has 0 saturated heterocycles. The lowest BCUT2D eigenvalue weighted by atomic mass is 9.83. The minimum atomic E-state index is 0.0187. The maximum absolute atomic E-state index is 6.01. The summed E-state index contributed by atoms with van der Waals surface area (Å²) >= 11 is 0. The molecule has 0 amide bonds. The van der Waals surface area contributed by atoms with E-state index in [1.165, 1.54) is 25.7 Å². The summed E-state index contributed by atoms with van der Waals surface area (Å²) in [6.07, 6.45) is 8.93. The van der Waals surface area contributed by atoms with Gasteiger partial charge in [-0.2, -0.15) is 0 Å². The second-order valence-electron chi connectivity index (χ2n) is 5.48. The molecule has 2 N–H and O–H groups in total. The van der Waals surface area contributed by atoms with Crippen LogP contribution in [0.4, 0.5) is 0 Å². The smallest absolute Gasteiger partial charge is 0.0948 e. The van der Waals surface area contributed by atoms with Gasteiger partial charge >= 0.3 is 0 Å². The molecule has 100 valence electrons. The lowest BCUT2D eigenvalue weighted by Crippen LogP contribution is -2.22. The maximum Gasteiger partial charge on any atom is 0.0948 e. The number of pyridine rings is 1. The Kier molecular flexibility index (Phi) is 5.14. The van der Waals surface area contributed by atoms with E-state index in [0.717, 1.165) is 18.1 Å². The molecule has 1 saturated carbocycles. The molecule has 3 nitrogen and oxygen atoms in total. The van der Waals surface area contributed by atoms with Crippen LogP contribution in [0.3, 0.4) is 0 Å². The summed E-state index contributed by atoms with van der Waals surface area (Å²) in [6, 6.07) is 3.97. The molecule has 2 rings (SSSR count). The van der Waals surface area contributed by atoms with Gasteiger partial charge in [-0.3, -0.25) is 4.98 Å². The van der Waals surface area contributed by atoms with E-state index in [1.54, 1.807) is 12.4 Å². The van der Waals surface area contributed by atoms with Crippen LogP contribution in [-0.4, -0.2) is 18.1 Å². The zero-order chi connectivity index (χ0) is 12.8. The number of nitrogens with two attached hydrogens (primary N) is 1. The molecule has 18 heavy (non-hydrogen) atoms. The first-order valence-electron chi connectivity index (χ1n) is 7.01. The van der Waals surface area contributed by atoms with Crippen LogP contribution in [-0.2, 0) is 4.74 Å². The third kappa shape index (κ3) is 3.79. The van der Waals surface area contributed by atoms with Crippen molar-refractivity contribution >= 4 is 0 Å². The zero-order valence-corrected chi connectivity index (χ0v) is 11.2. The van der Waals surface area contributed by atoms with Crippen LogP contribution in [0.2, 0.25) is 0 Å². The van der Waals surface area contributed by atoms with Gasteiger partial charge in [-0.1, -0.05) is 19.8 Å². The molecule has 1 heterocycles. The van der Waals surface area contributed by atoms with Crippen molar-refractivity contribution in [2.75, 3.05) is 13.2 Å². The summed E-state index contributed by atoms with van der Waals surface area (Å²) in [5.74, 6) is 1.56. The van der Waals surface area contributed by atoms with E-state index in [-0.39, 0.29) is 6.10 Å². The van der Waals surface area contributed by atoms with Crippen LogP contribution in [0.5, 0.6) is 0 Å². The van der Waals surface area contributed by atoms with Crippen molar-refractivity contribution in [1.82, 2.24) is 4.98 Å². The molecule has 0 aromatic carbocycles. The fourth-order valence-electron chi connectivity index (χ4n) is 2.84. The molecule has 1 fully saturated rings. The second-order valence-corrected chi connectivity index (χ2v) is 5.48. The molecule has 1 aromatic rings. The predicted octanol–water partition coefficient (Wildman–Crippen LogP) is 2.92. The zero-order valence-electron chi connectivity index (χ0n) is 11.2. The van der Waals surface area contributed by atoms with Crippen molar-refractivity contribution in [1.29, 1.82) is 0 Å². The van der Waals surface area contributed by atoms with Crippen molar-refractivity contribution in [3.05, 3.63) is 30.1 Å². The molecule has 0 bridgehead atoms. The first-order valence-corrected chi connectivity index (χ1v) is 7.01. The molecular weight excluding hydrogens is 224 g/mol. The normalized spacial score (nSPS) is 25.9. The summed E-state index contributed by atoms with van der Waals surface area (Å²) in [4.78, 5) is 4.03. The van der Waals surface area contributed by atoms with Crippen molar-refractivity contribution in [3.8, 4) is 0 Å². The molecule has 3 atom stereocenters. The van der Waals surface area contributed by atoms with Crippen LogP contribution in [0.25, 0.3) is 0 Å². The minimum absolute atomic E-state index is 0.0187. The summed E-state index contributed by atoms with van der Waals surface area (Å²) in [5, 5.41) is 0. The predicted molar refractivity (Wildman–Crippen MR) is 73.1 cm³/mol. The Morgan fingerprint density at radius 2 is 2.17 bits per heavy atom. The molecule has 1 aliphatic carbocycles. The van der Waals surface area contributed by atoms with Crippen LogP contribution in [0.15, 0.2) is 24.5 Å². The fourth-order valence-corrected chi connectivity index (χ4v) is 2.84. The highest BCUT2D eigenvalue weighted by Crippen LogP contribution is 2.29. The Bertz CT molecular complexity index is 342. The molecule has 0 spiro atoms. The monoisotopic (exact) mass is 248 g/mol. The van der Waals surface area contributed by atoms with Crippen LogP contribution >= 0.6 is 0 Å². The van der Waals surface area contributed by atoms with E-state index in [0.29, 0.717) is 12.5 Å². The van der Waals surface area contributed by atoms with Crippen molar-refractivity contribution < 1.29 is 4.74 Å². The van der Waals surface area contributed by atoms with Crippen LogP contribution < -0.4 is 5.73 Å². The summed E-state index contributed by atoms with van der Waals surface area (Å²) in [7, 11) is 0. The SMILES string of the molecule is CC1CCCC(COC(CN)c2ccncc2)C1. The first-order chi connectivity index (χ1) is 8.79. The van der Waals surface area contributed by atoms with E-state index in [4.69, 9.17) is 10.5 Å². The number of rotatable bonds is 5.